The van der Waals surface area contributed by atoms with E-state index in [4.69, 9.17) is 4.74 Å². The molecule has 30 heavy (non-hydrogen) atoms. The summed E-state index contributed by atoms with van der Waals surface area (Å²) in [7, 11) is 1.60. The number of carbonyl (C=O) groups is 3. The van der Waals surface area contributed by atoms with Gasteiger partial charge in [0.1, 0.15) is 5.75 Å². The second-order valence-electron chi connectivity index (χ2n) is 7.60. The third-order valence-corrected chi connectivity index (χ3v) is 5.52. The number of hydrogen-bond acceptors (Lipinski definition) is 4. The lowest BCUT2D eigenvalue weighted by molar-refractivity contribution is -0.129. The lowest BCUT2D eigenvalue weighted by atomic mass is 9.92. The number of rotatable bonds is 8. The molecular weight excluding hydrogens is 380 g/mol. The van der Waals surface area contributed by atoms with Crippen molar-refractivity contribution in [3.8, 4) is 5.75 Å². The first-order chi connectivity index (χ1) is 14.4. The second-order valence-corrected chi connectivity index (χ2v) is 7.60. The van der Waals surface area contributed by atoms with Crippen LogP contribution in [0.3, 0.4) is 0 Å². The number of nitrogens with one attached hydrogen (secondary N) is 1. The molecule has 2 unspecified atom stereocenters. The first-order valence-corrected chi connectivity index (χ1v) is 10.3. The van der Waals surface area contributed by atoms with Crippen LogP contribution in [-0.4, -0.2) is 36.2 Å². The van der Waals surface area contributed by atoms with E-state index in [1.54, 1.807) is 31.4 Å². The maximum Gasteiger partial charge on any atom is 0.230 e. The third-order valence-electron chi connectivity index (χ3n) is 5.52. The van der Waals surface area contributed by atoms with Crippen LogP contribution in [0.4, 0.5) is 5.69 Å². The standard InChI is InChI=1S/C24H28N2O4/c1-4-5-13-26-22(28)15-21(23(26)17-9-11-20(30-3)12-10-17)24(29)25-19-8-6-7-18(14-19)16(2)27/h6-12,14,21,23H,4-5,13,15H2,1-3H3,(H,25,29). The molecule has 158 valence electrons. The Morgan fingerprint density at radius 3 is 2.53 bits per heavy atom. The van der Waals surface area contributed by atoms with Crippen molar-refractivity contribution in [2.24, 2.45) is 5.92 Å². The Bertz CT molecular complexity index is 923. The number of anilines is 1. The summed E-state index contributed by atoms with van der Waals surface area (Å²) in [5.41, 5.74) is 2.00. The predicted molar refractivity (Wildman–Crippen MR) is 116 cm³/mol. The summed E-state index contributed by atoms with van der Waals surface area (Å²) in [5.74, 6) is -0.0799. The first-order valence-electron chi connectivity index (χ1n) is 10.3. The highest BCUT2D eigenvalue weighted by molar-refractivity contribution is 6.00. The topological polar surface area (TPSA) is 75.7 Å². The van der Waals surface area contributed by atoms with Gasteiger partial charge in [-0.1, -0.05) is 37.6 Å². The average Bonchev–Trinajstić information content (AvgIpc) is 3.08. The van der Waals surface area contributed by atoms with Crippen LogP contribution in [-0.2, 0) is 9.59 Å². The molecule has 2 atom stereocenters. The van der Waals surface area contributed by atoms with Gasteiger partial charge in [0, 0.05) is 24.2 Å². The Morgan fingerprint density at radius 1 is 1.17 bits per heavy atom. The van der Waals surface area contributed by atoms with E-state index in [9.17, 15) is 14.4 Å². The van der Waals surface area contributed by atoms with Crippen molar-refractivity contribution in [3.05, 3.63) is 59.7 Å². The molecule has 0 aliphatic carbocycles. The minimum Gasteiger partial charge on any atom is -0.497 e. The number of ether oxygens (including phenoxy) is 1. The van der Waals surface area contributed by atoms with Gasteiger partial charge in [-0.15, -0.1) is 0 Å². The van der Waals surface area contributed by atoms with Crippen LogP contribution < -0.4 is 10.1 Å². The van der Waals surface area contributed by atoms with Gasteiger partial charge in [0.05, 0.1) is 19.1 Å². The number of likely N-dealkylation sites (tertiary alicyclic amines) is 1. The molecule has 0 aromatic heterocycles. The number of unbranched alkanes of at least 4 members (excludes halogenated alkanes) is 1. The summed E-state index contributed by atoms with van der Waals surface area (Å²) in [4.78, 5) is 39.4. The number of ketones is 1. The van der Waals surface area contributed by atoms with E-state index in [2.05, 4.69) is 12.2 Å². The van der Waals surface area contributed by atoms with Gasteiger partial charge in [-0.05, 0) is 43.2 Å². The number of methoxy groups -OCH3 is 1. The molecule has 0 radical (unpaired) electrons. The monoisotopic (exact) mass is 408 g/mol. The van der Waals surface area contributed by atoms with E-state index in [1.807, 2.05) is 29.2 Å². The minimum absolute atomic E-state index is 0.0121. The fourth-order valence-electron chi connectivity index (χ4n) is 3.88. The highest BCUT2D eigenvalue weighted by atomic mass is 16.5. The lowest BCUT2D eigenvalue weighted by Gasteiger charge is -2.28. The number of Topliss-reactive ketones (excluding diaryl/α,β-unsaturated/α-hetero) is 1. The Hall–Kier alpha value is -3.15. The molecule has 2 aromatic carbocycles. The quantitative estimate of drug-likeness (QED) is 0.664. The SMILES string of the molecule is CCCCN1C(=O)CC(C(=O)Nc2cccc(C(C)=O)c2)C1c1ccc(OC)cc1. The molecular formula is C24H28N2O4. The van der Waals surface area contributed by atoms with Crippen LogP contribution >= 0.6 is 0 Å². The summed E-state index contributed by atoms with van der Waals surface area (Å²) >= 11 is 0. The van der Waals surface area contributed by atoms with Crippen LogP contribution in [0.1, 0.15) is 55.1 Å². The van der Waals surface area contributed by atoms with Crippen LogP contribution in [0.2, 0.25) is 0 Å². The van der Waals surface area contributed by atoms with E-state index in [-0.39, 0.29) is 30.1 Å². The van der Waals surface area contributed by atoms with Gasteiger partial charge in [-0.2, -0.15) is 0 Å². The van der Waals surface area contributed by atoms with Gasteiger partial charge in [0.15, 0.2) is 5.78 Å². The van der Waals surface area contributed by atoms with Crippen molar-refractivity contribution in [1.82, 2.24) is 4.90 Å². The van der Waals surface area contributed by atoms with Crippen LogP contribution in [0, 0.1) is 5.92 Å². The fourth-order valence-corrected chi connectivity index (χ4v) is 3.88. The van der Waals surface area contributed by atoms with Crippen molar-refractivity contribution >= 4 is 23.3 Å². The van der Waals surface area contributed by atoms with Crippen molar-refractivity contribution in [1.29, 1.82) is 0 Å². The van der Waals surface area contributed by atoms with Crippen LogP contribution in [0.5, 0.6) is 5.75 Å². The highest BCUT2D eigenvalue weighted by Gasteiger charge is 2.44. The average molecular weight is 408 g/mol. The van der Waals surface area contributed by atoms with Crippen molar-refractivity contribution in [3.63, 3.8) is 0 Å². The largest absolute Gasteiger partial charge is 0.497 e. The summed E-state index contributed by atoms with van der Waals surface area (Å²) in [6, 6.07) is 14.1. The maximum atomic E-state index is 13.2. The van der Waals surface area contributed by atoms with E-state index in [0.29, 0.717) is 17.8 Å². The van der Waals surface area contributed by atoms with E-state index in [0.717, 1.165) is 24.2 Å². The summed E-state index contributed by atoms with van der Waals surface area (Å²) in [5, 5.41) is 2.90. The maximum absolute atomic E-state index is 13.2. The molecule has 1 aliphatic heterocycles. The molecule has 6 heteroatoms. The van der Waals surface area contributed by atoms with Crippen LogP contribution in [0.15, 0.2) is 48.5 Å². The predicted octanol–water partition coefficient (Wildman–Crippen LogP) is 4.23. The highest BCUT2D eigenvalue weighted by Crippen LogP contribution is 2.39. The zero-order valence-corrected chi connectivity index (χ0v) is 17.7. The molecule has 1 fully saturated rings. The zero-order valence-electron chi connectivity index (χ0n) is 17.7. The zero-order chi connectivity index (χ0) is 21.7. The molecule has 1 heterocycles. The molecule has 0 bridgehead atoms. The summed E-state index contributed by atoms with van der Waals surface area (Å²) < 4.78 is 5.24. The molecule has 2 aromatic rings. The van der Waals surface area contributed by atoms with Gasteiger partial charge in [0.25, 0.3) is 0 Å². The van der Waals surface area contributed by atoms with Gasteiger partial charge < -0.3 is 15.0 Å². The van der Waals surface area contributed by atoms with Crippen molar-refractivity contribution in [2.75, 3.05) is 19.0 Å². The minimum atomic E-state index is -0.510. The number of amides is 2. The normalized spacial score (nSPS) is 18.4. The number of hydrogen-bond donors (Lipinski definition) is 1. The summed E-state index contributed by atoms with van der Waals surface area (Å²) in [6.07, 6.45) is 2.01. The molecule has 0 spiro atoms. The van der Waals surface area contributed by atoms with Crippen LogP contribution in [0.25, 0.3) is 0 Å². The second kappa shape index (κ2) is 9.57. The lowest BCUT2D eigenvalue weighted by Crippen LogP contribution is -2.33. The third kappa shape index (κ3) is 4.70. The molecule has 3 rings (SSSR count). The van der Waals surface area contributed by atoms with E-state index >= 15 is 0 Å². The van der Waals surface area contributed by atoms with E-state index in [1.165, 1.54) is 6.92 Å². The van der Waals surface area contributed by atoms with Gasteiger partial charge in [-0.25, -0.2) is 0 Å². The number of nitrogens with zero attached hydrogens (tertiary/aromatic N) is 1. The summed E-state index contributed by atoms with van der Waals surface area (Å²) in [6.45, 7) is 4.19. The van der Waals surface area contributed by atoms with Gasteiger partial charge in [-0.3, -0.25) is 14.4 Å². The molecule has 1 saturated heterocycles. The van der Waals surface area contributed by atoms with Gasteiger partial charge in [0.2, 0.25) is 11.8 Å². The molecule has 1 aliphatic rings. The molecule has 6 nitrogen and oxygen atoms in total. The van der Waals surface area contributed by atoms with Crippen molar-refractivity contribution in [2.45, 2.75) is 39.2 Å². The molecule has 1 N–H and O–H groups in total. The number of benzene rings is 2. The first kappa shape index (κ1) is 21.6. The van der Waals surface area contributed by atoms with E-state index < -0.39 is 5.92 Å². The smallest absolute Gasteiger partial charge is 0.230 e. The number of carbonyl (C=O) groups excluding carboxylic acids is 3. The van der Waals surface area contributed by atoms with Crippen molar-refractivity contribution < 1.29 is 19.1 Å². The Balaban J connectivity index is 1.88. The Labute approximate surface area is 177 Å². The Morgan fingerprint density at radius 2 is 1.90 bits per heavy atom. The Kier molecular flexibility index (Phi) is 6.87. The fraction of sp³-hybridized carbons (Fsp3) is 0.375. The van der Waals surface area contributed by atoms with Gasteiger partial charge >= 0.3 is 0 Å². The molecule has 2 amide bonds. The molecule has 0 saturated carbocycles.